The lowest BCUT2D eigenvalue weighted by molar-refractivity contribution is 0.0430. The molecular weight excluding hydrogens is 1250 g/mol. The van der Waals surface area contributed by atoms with Crippen molar-refractivity contribution in [3.63, 3.8) is 0 Å². The minimum absolute atomic E-state index is 0. The van der Waals surface area contributed by atoms with Gasteiger partial charge in [0.1, 0.15) is 23.3 Å². The molecule has 4 aromatic carbocycles. The van der Waals surface area contributed by atoms with Gasteiger partial charge < -0.3 is 14.8 Å². The number of carbonyl (C=O) groups excluding carboxylic acids is 2. The van der Waals surface area contributed by atoms with Crippen molar-refractivity contribution >= 4 is 109 Å². The van der Waals surface area contributed by atoms with Crippen LogP contribution in [0.2, 0.25) is 10.0 Å². The number of methoxy groups -OCH3 is 2. The van der Waals surface area contributed by atoms with Gasteiger partial charge in [-0.3, -0.25) is 28.2 Å². The van der Waals surface area contributed by atoms with Gasteiger partial charge in [-0.05, 0) is 60.7 Å². The third kappa shape index (κ3) is 19.4. The van der Waals surface area contributed by atoms with Crippen LogP contribution in [0.5, 0.6) is 0 Å². The van der Waals surface area contributed by atoms with Crippen LogP contribution in [0.15, 0.2) is 72.8 Å². The normalized spacial score (nSPS) is 17.2. The first kappa shape index (κ1) is 68.6. The maximum absolute atomic E-state index is 14.9. The zero-order valence-electron chi connectivity index (χ0n) is 45.0. The van der Waals surface area contributed by atoms with Crippen LogP contribution in [-0.4, -0.2) is 211 Å². The Hall–Kier alpha value is -4.14. The Morgan fingerprint density at radius 3 is 1.24 bits per heavy atom. The molecule has 4 aromatic rings. The summed E-state index contributed by atoms with van der Waals surface area (Å²) in [7, 11) is -7.51. The van der Waals surface area contributed by atoms with Gasteiger partial charge in [-0.1, -0.05) is 35.3 Å². The molecule has 456 valence electrons. The molecule has 0 amide bonds. The van der Waals surface area contributed by atoms with Gasteiger partial charge in [0.15, 0.2) is 0 Å². The zero-order valence-corrected chi connectivity index (χ0v) is 51.4. The van der Waals surface area contributed by atoms with Crippen molar-refractivity contribution in [2.75, 3.05) is 138 Å². The fraction of sp³-hybridized carbons (Fsp3) is 0.480. The minimum Gasteiger partial charge on any atom is -0.465 e. The van der Waals surface area contributed by atoms with E-state index in [1.807, 2.05) is 4.90 Å². The van der Waals surface area contributed by atoms with E-state index in [1.54, 1.807) is 0 Å². The number of hydrogen-bond donors (Lipinski definition) is 1. The summed E-state index contributed by atoms with van der Waals surface area (Å²) in [6.45, 7) is 8.52. The predicted octanol–water partition coefficient (Wildman–Crippen LogP) is 4.94. The number of anilines is 2. The van der Waals surface area contributed by atoms with E-state index in [1.165, 1.54) is 73.3 Å². The number of esters is 2. The van der Waals surface area contributed by atoms with Gasteiger partial charge in [-0.2, -0.15) is 4.31 Å². The third-order valence-corrected chi connectivity index (χ3v) is 19.1. The molecule has 82 heavy (non-hydrogen) atoms. The van der Waals surface area contributed by atoms with Gasteiger partial charge in [-0.25, -0.2) is 60.8 Å². The highest BCUT2D eigenvalue weighted by Crippen LogP contribution is 2.30. The van der Waals surface area contributed by atoms with Crippen molar-refractivity contribution in [3.8, 4) is 0 Å². The number of rotatable bonds is 19. The van der Waals surface area contributed by atoms with Crippen molar-refractivity contribution in [3.05, 3.63) is 128 Å². The number of sulfonamides is 3. The van der Waals surface area contributed by atoms with Gasteiger partial charge in [0, 0.05) is 126 Å². The second-order valence-corrected chi connectivity index (χ2v) is 29.3. The summed E-state index contributed by atoms with van der Waals surface area (Å²) in [6.07, 6.45) is 2.12. The molecule has 0 aliphatic carbocycles. The highest BCUT2D eigenvalue weighted by molar-refractivity contribution is 8.13. The molecule has 0 unspecified atom stereocenters. The van der Waals surface area contributed by atoms with Crippen molar-refractivity contribution in [1.82, 2.24) is 29.2 Å². The van der Waals surface area contributed by atoms with Crippen LogP contribution in [-0.2, 0) is 61.7 Å². The summed E-state index contributed by atoms with van der Waals surface area (Å²) < 4.78 is 166. The number of ether oxygens (including phenoxy) is 2. The molecular formula is C50H64Cl4F4N8O12S4. The van der Waals surface area contributed by atoms with Crippen LogP contribution in [0.3, 0.4) is 0 Å². The molecule has 4 saturated heterocycles. The highest BCUT2D eigenvalue weighted by Gasteiger charge is 2.38. The molecule has 0 radical (unpaired) electrons. The summed E-state index contributed by atoms with van der Waals surface area (Å²) in [5.74, 6) is -4.88. The molecule has 0 atom stereocenters. The second kappa shape index (κ2) is 29.8. The number of piperazine rings is 2. The van der Waals surface area contributed by atoms with Crippen molar-refractivity contribution in [2.24, 2.45) is 0 Å². The van der Waals surface area contributed by atoms with Crippen LogP contribution in [0, 0.1) is 23.3 Å². The molecule has 32 heteroatoms. The van der Waals surface area contributed by atoms with Crippen molar-refractivity contribution in [1.29, 1.82) is 0 Å². The van der Waals surface area contributed by atoms with Gasteiger partial charge in [0.2, 0.25) is 39.1 Å². The summed E-state index contributed by atoms with van der Waals surface area (Å²) in [5.41, 5.74) is 0.249. The summed E-state index contributed by atoms with van der Waals surface area (Å²) in [5, 5.41) is 2.75. The topological polar surface area (TPSA) is 224 Å². The van der Waals surface area contributed by atoms with E-state index < -0.39 is 80.9 Å². The van der Waals surface area contributed by atoms with Crippen LogP contribution in [0.1, 0.15) is 31.8 Å². The molecule has 4 heterocycles. The SMILES string of the molecule is COC(=O)c1ccc(CN(c2ccc(F)c(Cl)c2)S(=O)(=O)CCN2CCN(C3CN(S(C)(=O)=O)C3)CC2)c(F)c1.COC(=O)c1ccc(CN(c2ccc(F)c(Cl)c2)S(=O)(=O)CCN2CCN(C3CNC3)CC2)c(F)c1.CS(=O)(=O)Cl.Cl. The molecule has 0 saturated carbocycles. The van der Waals surface area contributed by atoms with Crippen molar-refractivity contribution < 1.29 is 70.3 Å². The van der Waals surface area contributed by atoms with E-state index in [0.717, 1.165) is 78.4 Å². The first-order valence-electron chi connectivity index (χ1n) is 25.1. The quantitative estimate of drug-likeness (QED) is 0.0746. The van der Waals surface area contributed by atoms with Crippen LogP contribution >= 0.6 is 46.3 Å². The lowest BCUT2D eigenvalue weighted by Crippen LogP contribution is -2.64. The largest absolute Gasteiger partial charge is 0.465 e. The Morgan fingerprint density at radius 2 is 0.939 bits per heavy atom. The number of nitrogens with one attached hydrogen (secondary N) is 1. The molecule has 4 aliphatic rings. The van der Waals surface area contributed by atoms with Gasteiger partial charge in [-0.15, -0.1) is 12.4 Å². The Balaban J connectivity index is 0.000000276. The lowest BCUT2D eigenvalue weighted by Gasteiger charge is -2.47. The Labute approximate surface area is 497 Å². The molecule has 4 aliphatic heterocycles. The summed E-state index contributed by atoms with van der Waals surface area (Å²) in [4.78, 5) is 32.2. The van der Waals surface area contributed by atoms with E-state index in [2.05, 4.69) is 40.2 Å². The van der Waals surface area contributed by atoms with Crippen LogP contribution < -0.4 is 13.9 Å². The minimum atomic E-state index is -4.03. The Morgan fingerprint density at radius 1 is 0.573 bits per heavy atom. The number of nitrogens with zero attached hydrogens (tertiary/aromatic N) is 7. The van der Waals surface area contributed by atoms with E-state index >= 15 is 0 Å². The fourth-order valence-corrected chi connectivity index (χ4v) is 13.2. The number of hydrogen-bond acceptors (Lipinski definition) is 17. The standard InChI is InChI=1S/C25H31ClF2N4O6S2.C24H29ClF2N4O4S.CH3ClO2S.ClH/c1-38-25(33)18-3-4-19(24(28)13-18)15-32(20-5-6-23(27)22(26)14-20)40(36,37)12-11-29-7-9-30(10-8-29)21-16-31(17-21)39(2,34)35;1-35-24(32)17-2-3-18(23(27)12-17)16-31(19-4-5-22(26)21(25)13-19)36(33,34)11-10-29-6-8-30(9-7-29)20-14-28-15-20;1-5(2,3)4;/h3-6,13-14,21H,7-12,15-17H2,1-2H3;2-5,12-13,20,28H,6-11,14-16H2,1H3;1H3;1H. The predicted molar refractivity (Wildman–Crippen MR) is 309 cm³/mol. The maximum Gasteiger partial charge on any atom is 0.337 e. The smallest absolute Gasteiger partial charge is 0.337 e. The average Bonchev–Trinajstić information content (AvgIpc) is 3.49. The lowest BCUT2D eigenvalue weighted by atomic mass is 10.1. The van der Waals surface area contributed by atoms with Gasteiger partial charge in [0.05, 0.1) is 83.9 Å². The molecule has 0 aromatic heterocycles. The average molecular weight is 1320 g/mol. The van der Waals surface area contributed by atoms with Gasteiger partial charge in [0.25, 0.3) is 0 Å². The third-order valence-electron chi connectivity index (χ3n) is 13.9. The first-order valence-corrected chi connectivity index (χ1v) is 33.6. The molecule has 20 nitrogen and oxygen atoms in total. The Kier molecular flexibility index (Phi) is 24.9. The van der Waals surface area contributed by atoms with E-state index in [4.69, 9.17) is 23.2 Å². The first-order chi connectivity index (χ1) is 38.0. The highest BCUT2D eigenvalue weighted by atomic mass is 35.7. The number of halogens is 8. The molecule has 0 bridgehead atoms. The monoisotopic (exact) mass is 1310 g/mol. The maximum atomic E-state index is 14.9. The van der Waals surface area contributed by atoms with E-state index in [-0.39, 0.29) is 86.7 Å². The Bertz CT molecular complexity index is 3340. The van der Waals surface area contributed by atoms with E-state index in [0.29, 0.717) is 51.9 Å². The second-order valence-electron chi connectivity index (χ2n) is 19.4. The molecule has 1 N–H and O–H groups in total. The molecule has 0 spiro atoms. The zero-order chi connectivity index (χ0) is 59.6. The fourth-order valence-electron chi connectivity index (χ4n) is 8.99. The number of carbonyl (C=O) groups is 2. The van der Waals surface area contributed by atoms with Crippen molar-refractivity contribution in [2.45, 2.75) is 25.2 Å². The summed E-state index contributed by atoms with van der Waals surface area (Å²) in [6, 6.07) is 15.1. The van der Waals surface area contributed by atoms with Crippen LogP contribution in [0.4, 0.5) is 28.9 Å². The van der Waals surface area contributed by atoms with E-state index in [9.17, 15) is 60.8 Å². The molecule has 4 fully saturated rings. The summed E-state index contributed by atoms with van der Waals surface area (Å²) >= 11 is 11.9. The molecule has 8 rings (SSSR count). The van der Waals surface area contributed by atoms with Gasteiger partial charge >= 0.3 is 11.9 Å². The number of benzene rings is 4. The van der Waals surface area contributed by atoms with Crippen LogP contribution in [0.25, 0.3) is 0 Å².